The van der Waals surface area contributed by atoms with Gasteiger partial charge in [0.2, 0.25) is 0 Å². The highest BCUT2D eigenvalue weighted by Gasteiger charge is 2.30. The highest BCUT2D eigenvalue weighted by molar-refractivity contribution is 7.20. The Hall–Kier alpha value is -5.45. The van der Waals surface area contributed by atoms with Gasteiger partial charge in [-0.15, -0.1) is 11.3 Å². The summed E-state index contributed by atoms with van der Waals surface area (Å²) >= 11 is 1.84. The molecule has 4 heteroatoms. The molecule has 3 heterocycles. The minimum Gasteiger partial charge on any atom is -0.338 e. The van der Waals surface area contributed by atoms with E-state index in [0.717, 1.165) is 17.1 Å². The van der Waals surface area contributed by atoms with E-state index < -0.39 is 0 Å². The molecule has 1 unspecified atom stereocenters. The van der Waals surface area contributed by atoms with Crippen LogP contribution in [0.5, 0.6) is 0 Å². The average molecular weight is 580 g/mol. The van der Waals surface area contributed by atoms with E-state index in [1.807, 2.05) is 11.3 Å². The summed E-state index contributed by atoms with van der Waals surface area (Å²) in [7, 11) is 0. The Balaban J connectivity index is 1.33. The highest BCUT2D eigenvalue weighted by atomic mass is 32.1. The van der Waals surface area contributed by atoms with Gasteiger partial charge in [-0.25, -0.2) is 4.99 Å². The van der Waals surface area contributed by atoms with Crippen molar-refractivity contribution in [2.24, 2.45) is 4.99 Å². The maximum Gasteiger partial charge on any atom is 0.165 e. The van der Waals surface area contributed by atoms with Crippen LogP contribution >= 0.6 is 11.3 Å². The standard InChI is InChI=1S/C40H25N3S/c1-2-11-26-21-29(18-17-24(26)9-1)39-41-37-31-15-7-8-16-35(31)44-38(37)40(42-39)43-33-20-19-25-10-5-6-14-30(25)36(33)32-22-27-12-3-4-13-28(27)23-34(32)43/h1-23,40H,(H,41,42). The topological polar surface area (TPSA) is 29.3 Å². The van der Waals surface area contributed by atoms with Gasteiger partial charge >= 0.3 is 0 Å². The van der Waals surface area contributed by atoms with E-state index in [4.69, 9.17) is 4.99 Å². The zero-order chi connectivity index (χ0) is 28.8. The lowest BCUT2D eigenvalue weighted by Gasteiger charge is -2.26. The lowest BCUT2D eigenvalue weighted by molar-refractivity contribution is 0.664. The van der Waals surface area contributed by atoms with Crippen molar-refractivity contribution in [3.63, 3.8) is 0 Å². The Labute approximate surface area is 257 Å². The Kier molecular flexibility index (Phi) is 4.93. The summed E-state index contributed by atoms with van der Waals surface area (Å²) in [5.41, 5.74) is 4.65. The number of benzene rings is 7. The molecule has 1 aliphatic heterocycles. The van der Waals surface area contributed by atoms with Gasteiger partial charge in [0.15, 0.2) is 6.17 Å². The number of amidine groups is 1. The second kappa shape index (κ2) is 9.03. The lowest BCUT2D eigenvalue weighted by Crippen LogP contribution is -2.23. The Morgan fingerprint density at radius 3 is 2.05 bits per heavy atom. The Bertz CT molecular complexity index is 2660. The van der Waals surface area contributed by atoms with Gasteiger partial charge in [0.25, 0.3) is 0 Å². The van der Waals surface area contributed by atoms with Crippen molar-refractivity contribution in [1.82, 2.24) is 4.57 Å². The number of aromatic nitrogens is 1. The van der Waals surface area contributed by atoms with Gasteiger partial charge in [0.05, 0.1) is 21.6 Å². The van der Waals surface area contributed by atoms with Crippen LogP contribution in [0.1, 0.15) is 16.6 Å². The molecule has 7 aromatic carbocycles. The molecular formula is C40H25N3S. The molecule has 0 spiro atoms. The van der Waals surface area contributed by atoms with Crippen molar-refractivity contribution in [3.8, 4) is 0 Å². The van der Waals surface area contributed by atoms with Crippen molar-refractivity contribution < 1.29 is 0 Å². The molecule has 0 aliphatic carbocycles. The fourth-order valence-corrected chi connectivity index (χ4v) is 8.32. The molecule has 3 nitrogen and oxygen atoms in total. The molecule has 0 amide bonds. The van der Waals surface area contributed by atoms with E-state index in [-0.39, 0.29) is 6.17 Å². The SMILES string of the molecule is c1ccc2cc(C3=NC(n4c5cc6ccccc6cc5c5c6ccccc6ccc54)c4sc5ccccc5c4N3)ccc2c1. The van der Waals surface area contributed by atoms with Crippen LogP contribution in [0, 0.1) is 0 Å². The average Bonchev–Trinajstić information content (AvgIpc) is 3.62. The predicted octanol–water partition coefficient (Wildman–Crippen LogP) is 10.9. The minimum atomic E-state index is -0.229. The molecule has 1 N–H and O–H groups in total. The number of hydrogen-bond donors (Lipinski definition) is 1. The molecule has 1 aliphatic rings. The first-order valence-corrected chi connectivity index (χ1v) is 15.8. The summed E-state index contributed by atoms with van der Waals surface area (Å²) in [4.78, 5) is 6.81. The summed E-state index contributed by atoms with van der Waals surface area (Å²) in [5, 5.41) is 15.0. The molecule has 1 atom stereocenters. The van der Waals surface area contributed by atoms with Crippen LogP contribution in [0.4, 0.5) is 5.69 Å². The van der Waals surface area contributed by atoms with Gasteiger partial charge in [-0.1, -0.05) is 109 Å². The summed E-state index contributed by atoms with van der Waals surface area (Å²) in [5.74, 6) is 0.897. The molecule has 0 saturated carbocycles. The first kappa shape index (κ1) is 24.0. The monoisotopic (exact) mass is 579 g/mol. The van der Waals surface area contributed by atoms with Crippen LogP contribution in [0.15, 0.2) is 145 Å². The second-order valence-corrected chi connectivity index (χ2v) is 12.7. The maximum atomic E-state index is 5.58. The van der Waals surface area contributed by atoms with Gasteiger partial charge in [-0.3, -0.25) is 0 Å². The van der Waals surface area contributed by atoms with Crippen LogP contribution in [-0.4, -0.2) is 10.4 Å². The number of hydrogen-bond acceptors (Lipinski definition) is 3. The van der Waals surface area contributed by atoms with Gasteiger partial charge < -0.3 is 9.88 Å². The predicted molar refractivity (Wildman–Crippen MR) is 189 cm³/mol. The van der Waals surface area contributed by atoms with Gasteiger partial charge in [0.1, 0.15) is 5.84 Å². The zero-order valence-electron chi connectivity index (χ0n) is 23.7. The smallest absolute Gasteiger partial charge is 0.165 e. The summed E-state index contributed by atoms with van der Waals surface area (Å²) < 4.78 is 3.75. The molecule has 10 rings (SSSR count). The molecule has 0 saturated heterocycles. The van der Waals surface area contributed by atoms with Crippen LogP contribution in [0.3, 0.4) is 0 Å². The molecule has 9 aromatic rings. The number of fused-ring (bicyclic) bond motifs is 10. The fraction of sp³-hybridized carbons (Fsp3) is 0.0250. The largest absolute Gasteiger partial charge is 0.338 e. The molecule has 0 bridgehead atoms. The number of anilines is 1. The molecular weight excluding hydrogens is 555 g/mol. The van der Waals surface area contributed by atoms with Crippen LogP contribution < -0.4 is 5.32 Å². The number of rotatable bonds is 2. The summed E-state index contributed by atoms with van der Waals surface area (Å²) in [6, 6.07) is 50.6. The Morgan fingerprint density at radius 1 is 0.545 bits per heavy atom. The molecule has 2 aromatic heterocycles. The van der Waals surface area contributed by atoms with E-state index in [1.54, 1.807) is 0 Å². The fourth-order valence-electron chi connectivity index (χ4n) is 7.13. The highest BCUT2D eigenvalue weighted by Crippen LogP contribution is 2.48. The summed E-state index contributed by atoms with van der Waals surface area (Å²) in [6.07, 6.45) is -0.229. The zero-order valence-corrected chi connectivity index (χ0v) is 24.5. The number of aliphatic imine (C=N–C) groups is 1. The first-order valence-electron chi connectivity index (χ1n) is 15.0. The van der Waals surface area contributed by atoms with Gasteiger partial charge in [-0.05, 0) is 62.6 Å². The van der Waals surface area contributed by atoms with Gasteiger partial charge in [0, 0.05) is 26.4 Å². The lowest BCUT2D eigenvalue weighted by atomic mass is 10.0. The third-order valence-corrected chi connectivity index (χ3v) is 10.4. The van der Waals surface area contributed by atoms with Crippen molar-refractivity contribution in [3.05, 3.63) is 150 Å². The van der Waals surface area contributed by atoms with Crippen LogP contribution in [0.2, 0.25) is 0 Å². The van der Waals surface area contributed by atoms with Crippen molar-refractivity contribution in [2.75, 3.05) is 5.32 Å². The number of nitrogens with zero attached hydrogens (tertiary/aromatic N) is 2. The normalized spacial score (nSPS) is 14.9. The Morgan fingerprint density at radius 2 is 1.20 bits per heavy atom. The van der Waals surface area contributed by atoms with Crippen molar-refractivity contribution >= 4 is 87.1 Å². The molecule has 0 radical (unpaired) electrons. The van der Waals surface area contributed by atoms with E-state index in [1.165, 1.54) is 69.1 Å². The second-order valence-electron chi connectivity index (χ2n) is 11.6. The van der Waals surface area contributed by atoms with E-state index in [0.29, 0.717) is 0 Å². The summed E-state index contributed by atoms with van der Waals surface area (Å²) in [6.45, 7) is 0. The van der Waals surface area contributed by atoms with Crippen molar-refractivity contribution in [1.29, 1.82) is 0 Å². The number of nitrogens with one attached hydrogen (secondary N) is 1. The van der Waals surface area contributed by atoms with E-state index in [2.05, 4.69) is 149 Å². The third kappa shape index (κ3) is 3.40. The molecule has 206 valence electrons. The van der Waals surface area contributed by atoms with E-state index in [9.17, 15) is 0 Å². The van der Waals surface area contributed by atoms with E-state index >= 15 is 0 Å². The van der Waals surface area contributed by atoms with Gasteiger partial charge in [-0.2, -0.15) is 0 Å². The number of thiophene rings is 1. The maximum absolute atomic E-state index is 5.58. The van der Waals surface area contributed by atoms with Crippen LogP contribution in [-0.2, 0) is 0 Å². The molecule has 0 fully saturated rings. The van der Waals surface area contributed by atoms with Crippen molar-refractivity contribution in [2.45, 2.75) is 6.17 Å². The third-order valence-electron chi connectivity index (χ3n) is 9.18. The van der Waals surface area contributed by atoms with Crippen LogP contribution in [0.25, 0.3) is 64.2 Å². The minimum absolute atomic E-state index is 0.229. The quantitative estimate of drug-likeness (QED) is 0.217. The first-order chi connectivity index (χ1) is 21.8. The molecule has 44 heavy (non-hydrogen) atoms.